The molecule has 0 bridgehead atoms. The average molecular weight is 335 g/mol. The number of benzene rings is 1. The van der Waals surface area contributed by atoms with Gasteiger partial charge in [-0.3, -0.25) is 4.79 Å². The Hall–Kier alpha value is -1.59. The lowest BCUT2D eigenvalue weighted by Gasteiger charge is -2.14. The number of amides is 1. The molecule has 1 N–H and O–H groups in total. The van der Waals surface area contributed by atoms with Crippen LogP contribution in [0, 0.1) is 5.92 Å². The topological polar surface area (TPSA) is 56.8 Å². The van der Waals surface area contributed by atoms with E-state index in [1.54, 1.807) is 6.07 Å². The Morgan fingerprint density at radius 2 is 2.25 bits per heavy atom. The van der Waals surface area contributed by atoms with Crippen molar-refractivity contribution in [3.63, 3.8) is 0 Å². The van der Waals surface area contributed by atoms with Gasteiger partial charge in [-0.2, -0.15) is 0 Å². The third-order valence-electron chi connectivity index (χ3n) is 3.85. The van der Waals surface area contributed by atoms with Gasteiger partial charge in [-0.25, -0.2) is 0 Å². The molecule has 0 radical (unpaired) electrons. The SMILES string of the molecule is CCOc1ccc(C(=O)NC[C@H]2CCCO2)cc1COCC(C)C. The lowest BCUT2D eigenvalue weighted by molar-refractivity contribution is 0.0855. The Balaban J connectivity index is 1.98. The van der Waals surface area contributed by atoms with E-state index in [4.69, 9.17) is 14.2 Å². The highest BCUT2D eigenvalue weighted by Crippen LogP contribution is 2.22. The zero-order chi connectivity index (χ0) is 17.4. The van der Waals surface area contributed by atoms with Gasteiger partial charge in [0.1, 0.15) is 5.75 Å². The summed E-state index contributed by atoms with van der Waals surface area (Å²) in [4.78, 5) is 12.4. The second-order valence-corrected chi connectivity index (χ2v) is 6.51. The number of hydrogen-bond acceptors (Lipinski definition) is 4. The molecule has 0 aliphatic carbocycles. The average Bonchev–Trinajstić information content (AvgIpc) is 3.07. The minimum Gasteiger partial charge on any atom is -0.494 e. The first-order chi connectivity index (χ1) is 11.6. The van der Waals surface area contributed by atoms with Crippen LogP contribution in [-0.4, -0.2) is 38.4 Å². The van der Waals surface area contributed by atoms with Crippen LogP contribution < -0.4 is 10.1 Å². The number of carbonyl (C=O) groups is 1. The zero-order valence-electron chi connectivity index (χ0n) is 15.0. The Morgan fingerprint density at radius 1 is 1.42 bits per heavy atom. The van der Waals surface area contributed by atoms with Gasteiger partial charge >= 0.3 is 0 Å². The Kier molecular flexibility index (Phi) is 7.53. The monoisotopic (exact) mass is 335 g/mol. The summed E-state index contributed by atoms with van der Waals surface area (Å²) >= 11 is 0. The minimum absolute atomic E-state index is 0.0846. The molecule has 24 heavy (non-hydrogen) atoms. The molecule has 0 unspecified atom stereocenters. The molecule has 134 valence electrons. The zero-order valence-corrected chi connectivity index (χ0v) is 15.0. The standard InChI is InChI=1S/C19H29NO4/c1-4-23-18-8-7-15(10-16(18)13-22-12-14(2)3)19(21)20-11-17-6-5-9-24-17/h7-8,10,14,17H,4-6,9,11-13H2,1-3H3,(H,20,21)/t17-/m1/s1. The normalized spacial score (nSPS) is 17.2. The summed E-state index contributed by atoms with van der Waals surface area (Å²) in [6, 6.07) is 5.50. The van der Waals surface area contributed by atoms with Crippen molar-refractivity contribution in [1.29, 1.82) is 0 Å². The van der Waals surface area contributed by atoms with Crippen molar-refractivity contribution in [1.82, 2.24) is 5.32 Å². The van der Waals surface area contributed by atoms with Crippen LogP contribution in [0.25, 0.3) is 0 Å². The maximum atomic E-state index is 12.4. The van der Waals surface area contributed by atoms with E-state index in [0.717, 1.165) is 30.8 Å². The predicted octanol–water partition coefficient (Wildman–Crippen LogP) is 3.17. The van der Waals surface area contributed by atoms with Gasteiger partial charge in [-0.1, -0.05) is 13.8 Å². The Bertz CT molecular complexity index is 524. The van der Waals surface area contributed by atoms with Crippen LogP contribution in [0.4, 0.5) is 0 Å². The van der Waals surface area contributed by atoms with Crippen molar-refractivity contribution >= 4 is 5.91 Å². The molecule has 1 aromatic rings. The van der Waals surface area contributed by atoms with Gasteiger partial charge < -0.3 is 19.5 Å². The second-order valence-electron chi connectivity index (χ2n) is 6.51. The third kappa shape index (κ3) is 5.80. The van der Waals surface area contributed by atoms with E-state index in [0.29, 0.717) is 37.8 Å². The molecule has 1 aliphatic rings. The van der Waals surface area contributed by atoms with Crippen LogP contribution in [0.5, 0.6) is 5.75 Å². The fourth-order valence-corrected chi connectivity index (χ4v) is 2.65. The largest absolute Gasteiger partial charge is 0.494 e. The van der Waals surface area contributed by atoms with Gasteiger partial charge in [0.15, 0.2) is 0 Å². The van der Waals surface area contributed by atoms with Crippen molar-refractivity contribution in [3.05, 3.63) is 29.3 Å². The molecular formula is C19H29NO4. The first-order valence-corrected chi connectivity index (χ1v) is 8.83. The predicted molar refractivity (Wildman–Crippen MR) is 93.4 cm³/mol. The van der Waals surface area contributed by atoms with Crippen LogP contribution in [0.1, 0.15) is 49.5 Å². The number of rotatable bonds is 9. The molecular weight excluding hydrogens is 306 g/mol. The maximum absolute atomic E-state index is 12.4. The molecule has 1 aromatic carbocycles. The molecule has 0 saturated carbocycles. The highest BCUT2D eigenvalue weighted by Gasteiger charge is 2.17. The lowest BCUT2D eigenvalue weighted by atomic mass is 10.1. The van der Waals surface area contributed by atoms with E-state index >= 15 is 0 Å². The molecule has 5 nitrogen and oxygen atoms in total. The molecule has 1 fully saturated rings. The van der Waals surface area contributed by atoms with E-state index in [2.05, 4.69) is 19.2 Å². The van der Waals surface area contributed by atoms with E-state index in [9.17, 15) is 4.79 Å². The van der Waals surface area contributed by atoms with Crippen molar-refractivity contribution in [2.75, 3.05) is 26.4 Å². The van der Waals surface area contributed by atoms with Crippen LogP contribution in [0.15, 0.2) is 18.2 Å². The van der Waals surface area contributed by atoms with Gasteiger partial charge in [-0.05, 0) is 43.9 Å². The van der Waals surface area contributed by atoms with Gasteiger partial charge in [-0.15, -0.1) is 0 Å². The summed E-state index contributed by atoms with van der Waals surface area (Å²) in [5.41, 5.74) is 1.53. The quantitative estimate of drug-likeness (QED) is 0.753. The van der Waals surface area contributed by atoms with E-state index < -0.39 is 0 Å². The van der Waals surface area contributed by atoms with Gasteiger partial charge in [0.05, 0.1) is 19.3 Å². The number of nitrogens with one attached hydrogen (secondary N) is 1. The lowest BCUT2D eigenvalue weighted by Crippen LogP contribution is -2.31. The molecule has 0 spiro atoms. The summed E-state index contributed by atoms with van der Waals surface area (Å²) in [5, 5.41) is 2.95. The van der Waals surface area contributed by atoms with E-state index in [-0.39, 0.29) is 12.0 Å². The summed E-state index contributed by atoms with van der Waals surface area (Å²) < 4.78 is 16.9. The number of ether oxygens (including phenoxy) is 3. The molecule has 1 amide bonds. The fraction of sp³-hybridized carbons (Fsp3) is 0.632. The summed E-state index contributed by atoms with van der Waals surface area (Å²) in [6.45, 7) is 9.23. The number of hydrogen-bond donors (Lipinski definition) is 1. The third-order valence-corrected chi connectivity index (χ3v) is 3.85. The maximum Gasteiger partial charge on any atom is 0.251 e. The van der Waals surface area contributed by atoms with Crippen LogP contribution in [-0.2, 0) is 16.1 Å². The highest BCUT2D eigenvalue weighted by molar-refractivity contribution is 5.94. The Labute approximate surface area is 144 Å². The summed E-state index contributed by atoms with van der Waals surface area (Å²) in [7, 11) is 0. The van der Waals surface area contributed by atoms with Gasteiger partial charge in [0.25, 0.3) is 5.91 Å². The molecule has 1 saturated heterocycles. The number of carbonyl (C=O) groups excluding carboxylic acids is 1. The Morgan fingerprint density at radius 3 is 2.92 bits per heavy atom. The van der Waals surface area contributed by atoms with Crippen LogP contribution >= 0.6 is 0 Å². The molecule has 1 heterocycles. The van der Waals surface area contributed by atoms with E-state index in [1.807, 2.05) is 19.1 Å². The van der Waals surface area contributed by atoms with Crippen molar-refractivity contribution in [2.45, 2.75) is 46.3 Å². The van der Waals surface area contributed by atoms with Crippen LogP contribution in [0.2, 0.25) is 0 Å². The molecule has 0 aromatic heterocycles. The van der Waals surface area contributed by atoms with Crippen LogP contribution in [0.3, 0.4) is 0 Å². The van der Waals surface area contributed by atoms with E-state index in [1.165, 1.54) is 0 Å². The molecule has 2 rings (SSSR count). The second kappa shape index (κ2) is 9.64. The minimum atomic E-state index is -0.0846. The molecule has 1 aliphatic heterocycles. The molecule has 5 heteroatoms. The van der Waals surface area contributed by atoms with Crippen molar-refractivity contribution < 1.29 is 19.0 Å². The first-order valence-electron chi connectivity index (χ1n) is 8.83. The van der Waals surface area contributed by atoms with Gasteiger partial charge in [0.2, 0.25) is 0 Å². The smallest absolute Gasteiger partial charge is 0.251 e. The fourth-order valence-electron chi connectivity index (χ4n) is 2.65. The summed E-state index contributed by atoms with van der Waals surface area (Å²) in [5.74, 6) is 1.16. The summed E-state index contributed by atoms with van der Waals surface area (Å²) in [6.07, 6.45) is 2.23. The van der Waals surface area contributed by atoms with Crippen molar-refractivity contribution in [3.8, 4) is 5.75 Å². The first kappa shape index (κ1) is 18.7. The van der Waals surface area contributed by atoms with Crippen molar-refractivity contribution in [2.24, 2.45) is 5.92 Å². The van der Waals surface area contributed by atoms with Gasteiger partial charge in [0, 0.05) is 30.9 Å². The highest BCUT2D eigenvalue weighted by atomic mass is 16.5. The molecule has 1 atom stereocenters.